The zero-order chi connectivity index (χ0) is 21.0. The molecule has 0 fully saturated rings. The van der Waals surface area contributed by atoms with Crippen LogP contribution in [0.25, 0.3) is 0 Å². The van der Waals surface area contributed by atoms with Crippen molar-refractivity contribution in [3.05, 3.63) is 24.3 Å². The zero-order valence-corrected chi connectivity index (χ0v) is 14.3. The van der Waals surface area contributed by atoms with E-state index in [1.807, 2.05) is 10.6 Å². The molecule has 2 aliphatic rings. The van der Waals surface area contributed by atoms with Crippen molar-refractivity contribution in [2.24, 2.45) is 0 Å². The van der Waals surface area contributed by atoms with Crippen LogP contribution in [0.4, 0.5) is 9.59 Å². The maximum absolute atomic E-state index is 12.2. The van der Waals surface area contributed by atoms with Gasteiger partial charge in [0.05, 0.1) is 6.61 Å². The van der Waals surface area contributed by atoms with E-state index in [2.05, 4.69) is 0 Å². The van der Waals surface area contributed by atoms with E-state index in [0.29, 0.717) is 0 Å². The van der Waals surface area contributed by atoms with Gasteiger partial charge in [-0.1, -0.05) is 0 Å². The second kappa shape index (κ2) is 8.22. The monoisotopic (exact) mass is 394 g/mol. The molecular weight excluding hydrogens is 380 g/mol. The van der Waals surface area contributed by atoms with Gasteiger partial charge in [0.25, 0.3) is 23.6 Å². The molecule has 0 aromatic carbocycles. The second-order valence-electron chi connectivity index (χ2n) is 5.40. The Hall–Kier alpha value is -3.87. The Morgan fingerprint density at radius 3 is 1.54 bits per heavy atom. The molecule has 28 heavy (non-hydrogen) atoms. The first-order valence-electron chi connectivity index (χ1n) is 7.67. The first kappa shape index (κ1) is 20.4. The molecular formula is C15H14N4O9. The average molecular weight is 394 g/mol. The highest BCUT2D eigenvalue weighted by molar-refractivity contribution is 6.23. The number of imide groups is 6. The third-order valence-electron chi connectivity index (χ3n) is 3.45. The van der Waals surface area contributed by atoms with Crippen LogP contribution in [0.2, 0.25) is 0 Å². The van der Waals surface area contributed by atoms with E-state index in [-0.39, 0.29) is 9.80 Å². The first-order chi connectivity index (χ1) is 13.1. The number of ether oxygens (including phenoxy) is 1. The highest BCUT2D eigenvalue weighted by atomic mass is 16.6. The molecule has 1 atom stereocenters. The summed E-state index contributed by atoms with van der Waals surface area (Å²) in [5, 5.41) is 13.5. The minimum atomic E-state index is -1.70. The summed E-state index contributed by atoms with van der Waals surface area (Å²) >= 11 is 0. The smallest absolute Gasteiger partial charge is 0.333 e. The molecule has 2 aliphatic heterocycles. The number of aliphatic hydroxyl groups is 1. The Labute approximate surface area is 156 Å². The number of nitrogens with one attached hydrogen (secondary N) is 2. The third kappa shape index (κ3) is 4.27. The van der Waals surface area contributed by atoms with Gasteiger partial charge in [-0.2, -0.15) is 9.80 Å². The van der Waals surface area contributed by atoms with Crippen molar-refractivity contribution in [2.45, 2.75) is 19.2 Å². The zero-order valence-electron chi connectivity index (χ0n) is 14.3. The summed E-state index contributed by atoms with van der Waals surface area (Å²) in [5.41, 5.74) is 0. The summed E-state index contributed by atoms with van der Waals surface area (Å²) in [6.45, 7) is 0.0866. The SMILES string of the molecule is CC(=O)O[C@@H](CO)C(NC(=O)N1C(=O)C=CC1=O)NC(=O)N1C(=O)C=CC1=O. The van der Waals surface area contributed by atoms with Gasteiger partial charge in [-0.15, -0.1) is 0 Å². The van der Waals surface area contributed by atoms with Gasteiger partial charge in [0.15, 0.2) is 6.10 Å². The lowest BCUT2D eigenvalue weighted by Crippen LogP contribution is -2.62. The van der Waals surface area contributed by atoms with E-state index in [0.717, 1.165) is 31.2 Å². The topological polar surface area (TPSA) is 179 Å². The van der Waals surface area contributed by atoms with Crippen LogP contribution < -0.4 is 10.6 Å². The molecule has 148 valence electrons. The van der Waals surface area contributed by atoms with Crippen molar-refractivity contribution in [1.29, 1.82) is 0 Å². The van der Waals surface area contributed by atoms with Crippen molar-refractivity contribution in [2.75, 3.05) is 6.61 Å². The maximum Gasteiger partial charge on any atom is 0.333 e. The van der Waals surface area contributed by atoms with Crippen molar-refractivity contribution in [3.8, 4) is 0 Å². The molecule has 0 aliphatic carbocycles. The molecule has 13 heteroatoms. The fraction of sp³-hybridized carbons (Fsp3) is 0.267. The number of aliphatic hydroxyl groups excluding tert-OH is 1. The predicted octanol–water partition coefficient (Wildman–Crippen LogP) is -2.49. The molecule has 13 nitrogen and oxygen atoms in total. The lowest BCUT2D eigenvalue weighted by Gasteiger charge is -2.29. The highest BCUT2D eigenvalue weighted by Crippen LogP contribution is 2.08. The third-order valence-corrected chi connectivity index (χ3v) is 3.45. The lowest BCUT2D eigenvalue weighted by atomic mass is 10.3. The van der Waals surface area contributed by atoms with Gasteiger partial charge in [-0.3, -0.25) is 24.0 Å². The van der Waals surface area contributed by atoms with Crippen molar-refractivity contribution in [3.63, 3.8) is 0 Å². The molecule has 3 N–H and O–H groups in total. The molecule has 0 aromatic heterocycles. The lowest BCUT2D eigenvalue weighted by molar-refractivity contribution is -0.151. The number of carbonyl (C=O) groups excluding carboxylic acids is 7. The Morgan fingerprint density at radius 2 is 1.25 bits per heavy atom. The molecule has 0 saturated carbocycles. The number of hydrogen-bond donors (Lipinski definition) is 3. The summed E-state index contributed by atoms with van der Waals surface area (Å²) in [5.74, 6) is -4.74. The van der Waals surface area contributed by atoms with Crippen LogP contribution in [0.15, 0.2) is 24.3 Å². The van der Waals surface area contributed by atoms with Gasteiger partial charge in [-0.25, -0.2) is 9.59 Å². The molecule has 0 aromatic rings. The fourth-order valence-electron chi connectivity index (χ4n) is 2.24. The molecule has 2 heterocycles. The molecule has 0 bridgehead atoms. The van der Waals surface area contributed by atoms with Crippen LogP contribution in [-0.2, 0) is 28.7 Å². The normalized spacial score (nSPS) is 16.8. The maximum atomic E-state index is 12.2. The molecule has 0 saturated heterocycles. The van der Waals surface area contributed by atoms with Crippen LogP contribution in [0.5, 0.6) is 0 Å². The summed E-state index contributed by atoms with van der Waals surface area (Å²) in [6.07, 6.45) is 0.0658. The van der Waals surface area contributed by atoms with Crippen molar-refractivity contribution in [1.82, 2.24) is 20.4 Å². The van der Waals surface area contributed by atoms with E-state index >= 15 is 0 Å². The highest BCUT2D eigenvalue weighted by Gasteiger charge is 2.37. The van der Waals surface area contributed by atoms with E-state index in [1.165, 1.54) is 0 Å². The van der Waals surface area contributed by atoms with Crippen LogP contribution in [0, 0.1) is 0 Å². The van der Waals surface area contributed by atoms with E-state index in [1.54, 1.807) is 0 Å². The van der Waals surface area contributed by atoms with Crippen LogP contribution in [0.3, 0.4) is 0 Å². The van der Waals surface area contributed by atoms with Crippen LogP contribution >= 0.6 is 0 Å². The summed E-state index contributed by atoms with van der Waals surface area (Å²) in [4.78, 5) is 82.3. The van der Waals surface area contributed by atoms with Crippen molar-refractivity contribution >= 4 is 41.7 Å². The number of carbonyl (C=O) groups is 7. The number of urea groups is 2. The number of nitrogens with zero attached hydrogens (tertiary/aromatic N) is 2. The molecule has 0 radical (unpaired) electrons. The van der Waals surface area contributed by atoms with Gasteiger partial charge >= 0.3 is 18.0 Å². The second-order valence-corrected chi connectivity index (χ2v) is 5.40. The molecule has 8 amide bonds. The Bertz CT molecular complexity index is 739. The summed E-state index contributed by atoms with van der Waals surface area (Å²) in [7, 11) is 0. The molecule has 0 spiro atoms. The number of amides is 8. The first-order valence-corrected chi connectivity index (χ1v) is 7.67. The van der Waals surface area contributed by atoms with Gasteiger partial charge in [0.2, 0.25) is 0 Å². The summed E-state index contributed by atoms with van der Waals surface area (Å²) in [6, 6.07) is -2.60. The van der Waals surface area contributed by atoms with Gasteiger partial charge in [-0.05, 0) is 0 Å². The minimum Gasteiger partial charge on any atom is -0.456 e. The van der Waals surface area contributed by atoms with Crippen LogP contribution in [-0.4, -0.2) is 75.4 Å². The van der Waals surface area contributed by atoms with Crippen molar-refractivity contribution < 1.29 is 43.4 Å². The fourth-order valence-corrected chi connectivity index (χ4v) is 2.24. The molecule has 2 rings (SSSR count). The summed E-state index contributed by atoms with van der Waals surface area (Å²) < 4.78 is 4.77. The standard InChI is InChI=1S/C15H14N4O9/c1-7(21)28-8(6-20)13(16-14(26)18-9(22)2-3-10(18)23)17-15(27)19-11(24)4-5-12(19)25/h2-5,8,13,20H,6H2,1H3,(H,16,26)(H,17,27)/t8-/m0/s1. The largest absolute Gasteiger partial charge is 0.456 e. The quantitative estimate of drug-likeness (QED) is 0.258. The van der Waals surface area contributed by atoms with Crippen LogP contribution in [0.1, 0.15) is 6.92 Å². The number of hydrogen-bond acceptors (Lipinski definition) is 9. The van der Waals surface area contributed by atoms with Gasteiger partial charge in [0, 0.05) is 31.2 Å². The van der Waals surface area contributed by atoms with Gasteiger partial charge < -0.3 is 20.5 Å². The Balaban J connectivity index is 2.20. The minimum absolute atomic E-state index is 0.190. The Kier molecular flexibility index (Phi) is 6.00. The molecule has 0 unspecified atom stereocenters. The average Bonchev–Trinajstić information content (AvgIpc) is 3.12. The van der Waals surface area contributed by atoms with Gasteiger partial charge in [0.1, 0.15) is 6.17 Å². The van der Waals surface area contributed by atoms with E-state index < -0.39 is 60.5 Å². The predicted molar refractivity (Wildman–Crippen MR) is 85.5 cm³/mol. The van der Waals surface area contributed by atoms with E-state index in [9.17, 15) is 38.7 Å². The van der Waals surface area contributed by atoms with E-state index in [4.69, 9.17) is 4.74 Å². The number of esters is 1. The number of rotatable bonds is 5. The Morgan fingerprint density at radius 1 is 0.893 bits per heavy atom.